The molecule has 1 N–H and O–H groups in total. The zero-order valence-corrected chi connectivity index (χ0v) is 15.8. The van der Waals surface area contributed by atoms with E-state index in [9.17, 15) is 4.39 Å². The van der Waals surface area contributed by atoms with Crippen molar-refractivity contribution in [1.29, 1.82) is 0 Å². The first-order valence-corrected chi connectivity index (χ1v) is 9.43. The van der Waals surface area contributed by atoms with Crippen LogP contribution >= 0.6 is 0 Å². The number of aromatic amines is 1. The molecule has 0 saturated heterocycles. The third-order valence-electron chi connectivity index (χ3n) is 5.39. The number of benzene rings is 2. The molecule has 4 aromatic rings. The van der Waals surface area contributed by atoms with Crippen LogP contribution in [0.3, 0.4) is 0 Å². The molecule has 1 fully saturated rings. The van der Waals surface area contributed by atoms with Crippen molar-refractivity contribution in [2.24, 2.45) is 0 Å². The molecule has 0 atom stereocenters. The molecule has 28 heavy (non-hydrogen) atoms. The molecule has 1 saturated carbocycles. The molecule has 5 heteroatoms. The van der Waals surface area contributed by atoms with E-state index in [0.29, 0.717) is 5.92 Å². The molecule has 0 aliphatic heterocycles. The van der Waals surface area contributed by atoms with E-state index < -0.39 is 0 Å². The van der Waals surface area contributed by atoms with Gasteiger partial charge in [0.25, 0.3) is 0 Å². The Morgan fingerprint density at radius 3 is 2.71 bits per heavy atom. The Bertz CT molecular complexity index is 1210. The van der Waals surface area contributed by atoms with Crippen LogP contribution in [0.2, 0.25) is 0 Å². The van der Waals surface area contributed by atoms with Gasteiger partial charge in [-0.05, 0) is 67.7 Å². The van der Waals surface area contributed by atoms with Crippen LogP contribution in [-0.4, -0.2) is 15.1 Å². The van der Waals surface area contributed by atoms with Gasteiger partial charge in [-0.3, -0.25) is 0 Å². The zero-order chi connectivity index (χ0) is 19.4. The van der Waals surface area contributed by atoms with Crippen LogP contribution in [0.25, 0.3) is 27.7 Å². The van der Waals surface area contributed by atoms with Gasteiger partial charge in [0.05, 0.1) is 16.7 Å². The van der Waals surface area contributed by atoms with E-state index in [0.717, 1.165) is 69.0 Å². The summed E-state index contributed by atoms with van der Waals surface area (Å²) in [7, 11) is 0. The highest BCUT2D eigenvalue weighted by atomic mass is 19.1. The number of aromatic nitrogens is 3. The predicted molar refractivity (Wildman–Crippen MR) is 108 cm³/mol. The molecule has 2 aromatic heterocycles. The van der Waals surface area contributed by atoms with Crippen molar-refractivity contribution in [3.63, 3.8) is 0 Å². The number of H-pyrrole nitrogens is 1. The van der Waals surface area contributed by atoms with Gasteiger partial charge in [0.2, 0.25) is 0 Å². The highest BCUT2D eigenvalue weighted by Gasteiger charge is 2.28. The second-order valence-electron chi connectivity index (χ2n) is 7.50. The summed E-state index contributed by atoms with van der Waals surface area (Å²) in [5.74, 6) is 2.00. The van der Waals surface area contributed by atoms with E-state index in [1.165, 1.54) is 12.1 Å². The molecule has 0 spiro atoms. The number of nitrogens with zero attached hydrogens (tertiary/aromatic N) is 2. The summed E-state index contributed by atoms with van der Waals surface area (Å²) in [6.45, 7) is 8.10. The van der Waals surface area contributed by atoms with Crippen LogP contribution in [0, 0.1) is 19.7 Å². The van der Waals surface area contributed by atoms with Crippen molar-refractivity contribution in [2.45, 2.75) is 32.6 Å². The van der Waals surface area contributed by atoms with Crippen LogP contribution < -0.4 is 0 Å². The molecule has 0 bridgehead atoms. The van der Waals surface area contributed by atoms with E-state index in [2.05, 4.69) is 28.9 Å². The Hall–Kier alpha value is -3.21. The van der Waals surface area contributed by atoms with Crippen LogP contribution in [0.15, 0.2) is 47.5 Å². The molecule has 1 aliphatic carbocycles. The molecule has 2 heterocycles. The Morgan fingerprint density at radius 2 is 2.04 bits per heavy atom. The van der Waals surface area contributed by atoms with Gasteiger partial charge in [-0.15, -0.1) is 0 Å². The maximum atomic E-state index is 13.8. The fourth-order valence-electron chi connectivity index (χ4n) is 3.79. The van der Waals surface area contributed by atoms with Crippen molar-refractivity contribution >= 4 is 16.6 Å². The fourth-order valence-corrected chi connectivity index (χ4v) is 3.79. The minimum atomic E-state index is -0.280. The molecular formula is C23H20FN3O. The summed E-state index contributed by atoms with van der Waals surface area (Å²) >= 11 is 0. The smallest absolute Gasteiger partial charge is 0.141 e. The van der Waals surface area contributed by atoms with Gasteiger partial charge < -0.3 is 9.51 Å². The maximum Gasteiger partial charge on any atom is 0.141 e. The Balaban J connectivity index is 1.74. The molecular weight excluding hydrogens is 353 g/mol. The zero-order valence-electron chi connectivity index (χ0n) is 15.8. The number of fused-ring (bicyclic) bond motifs is 1. The van der Waals surface area contributed by atoms with Gasteiger partial charge in [-0.25, -0.2) is 9.37 Å². The van der Waals surface area contributed by atoms with Gasteiger partial charge in [0, 0.05) is 17.0 Å². The molecule has 0 unspecified atom stereocenters. The van der Waals surface area contributed by atoms with E-state index in [1.54, 1.807) is 6.07 Å². The first kappa shape index (κ1) is 16.9. The summed E-state index contributed by atoms with van der Waals surface area (Å²) < 4.78 is 19.2. The first-order valence-electron chi connectivity index (χ1n) is 9.43. The lowest BCUT2D eigenvalue weighted by atomic mass is 9.94. The van der Waals surface area contributed by atoms with Crippen molar-refractivity contribution < 1.29 is 8.91 Å². The number of halogens is 1. The van der Waals surface area contributed by atoms with Gasteiger partial charge in [0.1, 0.15) is 17.4 Å². The van der Waals surface area contributed by atoms with Crippen LogP contribution in [0.1, 0.15) is 47.2 Å². The third-order valence-corrected chi connectivity index (χ3v) is 5.39. The Kier molecular flexibility index (Phi) is 3.72. The van der Waals surface area contributed by atoms with Crippen LogP contribution in [0.5, 0.6) is 0 Å². The number of hydrogen-bond donors (Lipinski definition) is 1. The predicted octanol–water partition coefficient (Wildman–Crippen LogP) is 5.91. The summed E-state index contributed by atoms with van der Waals surface area (Å²) in [5, 5.41) is 4.09. The monoisotopic (exact) mass is 373 g/mol. The quantitative estimate of drug-likeness (QED) is 0.484. The standard InChI is InChI=1S/C23H20FN3O/c1-12(16-5-4-6-18(24)9-16)19-10-17(21-13(2)27-28-14(21)3)11-20-22(19)26-23(25-20)15-7-8-15/h4-6,9-11,15H,1,7-8H2,2-3H3,(H,25,26). The highest BCUT2D eigenvalue weighted by Crippen LogP contribution is 2.41. The summed E-state index contributed by atoms with van der Waals surface area (Å²) in [6, 6.07) is 10.7. The molecule has 5 rings (SSSR count). The molecule has 0 amide bonds. The van der Waals surface area contributed by atoms with E-state index >= 15 is 0 Å². The summed E-state index contributed by atoms with van der Waals surface area (Å²) in [4.78, 5) is 8.34. The third kappa shape index (κ3) is 2.74. The topological polar surface area (TPSA) is 54.7 Å². The van der Waals surface area contributed by atoms with Gasteiger partial charge in [0.15, 0.2) is 0 Å². The van der Waals surface area contributed by atoms with E-state index in [1.807, 2.05) is 19.9 Å². The molecule has 0 radical (unpaired) electrons. The minimum absolute atomic E-state index is 0.280. The number of imidazole rings is 1. The molecule has 4 nitrogen and oxygen atoms in total. The number of rotatable bonds is 4. The first-order chi connectivity index (χ1) is 13.5. The minimum Gasteiger partial charge on any atom is -0.361 e. The van der Waals surface area contributed by atoms with Crippen molar-refractivity contribution in [1.82, 2.24) is 15.1 Å². The van der Waals surface area contributed by atoms with E-state index in [4.69, 9.17) is 9.51 Å². The van der Waals surface area contributed by atoms with Crippen molar-refractivity contribution in [3.05, 3.63) is 77.2 Å². The van der Waals surface area contributed by atoms with E-state index in [-0.39, 0.29) is 5.82 Å². The average molecular weight is 373 g/mol. The largest absolute Gasteiger partial charge is 0.361 e. The normalized spacial score (nSPS) is 14.0. The lowest BCUT2D eigenvalue weighted by Gasteiger charge is -2.10. The van der Waals surface area contributed by atoms with Gasteiger partial charge >= 0.3 is 0 Å². The Labute approximate surface area is 162 Å². The Morgan fingerprint density at radius 1 is 1.21 bits per heavy atom. The van der Waals surface area contributed by atoms with Crippen LogP contribution in [0.4, 0.5) is 4.39 Å². The summed E-state index contributed by atoms with van der Waals surface area (Å²) in [5.41, 5.74) is 6.99. The van der Waals surface area contributed by atoms with Gasteiger partial charge in [-0.1, -0.05) is 23.9 Å². The lowest BCUT2D eigenvalue weighted by molar-refractivity contribution is 0.393. The van der Waals surface area contributed by atoms with Crippen molar-refractivity contribution in [2.75, 3.05) is 0 Å². The van der Waals surface area contributed by atoms with Gasteiger partial charge in [-0.2, -0.15) is 0 Å². The molecule has 2 aromatic carbocycles. The van der Waals surface area contributed by atoms with Crippen LogP contribution in [-0.2, 0) is 0 Å². The second-order valence-corrected chi connectivity index (χ2v) is 7.50. The average Bonchev–Trinajstić information content (AvgIpc) is 3.36. The highest BCUT2D eigenvalue weighted by molar-refractivity contribution is 5.97. The lowest BCUT2D eigenvalue weighted by Crippen LogP contribution is -1.92. The second kappa shape index (κ2) is 6.16. The SMILES string of the molecule is C=C(c1cccc(F)c1)c1cc(-c2c(C)noc2C)cc2[nH]c(C3CC3)nc12. The molecule has 140 valence electrons. The fraction of sp³-hybridized carbons (Fsp3) is 0.217. The molecule has 1 aliphatic rings. The number of aryl methyl sites for hydroxylation is 2. The summed E-state index contributed by atoms with van der Waals surface area (Å²) in [6.07, 6.45) is 2.33. The number of nitrogens with one attached hydrogen (secondary N) is 1. The van der Waals surface area contributed by atoms with Crippen molar-refractivity contribution in [3.8, 4) is 11.1 Å². The number of hydrogen-bond acceptors (Lipinski definition) is 3. The maximum absolute atomic E-state index is 13.8.